The number of nitrogens with zero attached hydrogens (tertiary/aromatic N) is 2. The zero-order valence-electron chi connectivity index (χ0n) is 8.49. The van der Waals surface area contributed by atoms with Crippen molar-refractivity contribution in [1.29, 1.82) is 0 Å². The van der Waals surface area contributed by atoms with Crippen LogP contribution in [0.15, 0.2) is 18.2 Å². The molecule has 2 rings (SSSR count). The van der Waals surface area contributed by atoms with Crippen molar-refractivity contribution in [3.05, 3.63) is 23.8 Å². The summed E-state index contributed by atoms with van der Waals surface area (Å²) in [7, 11) is 1.90. The summed E-state index contributed by atoms with van der Waals surface area (Å²) >= 11 is 0. The van der Waals surface area contributed by atoms with Crippen LogP contribution in [0.2, 0.25) is 0 Å². The van der Waals surface area contributed by atoms with Gasteiger partial charge >= 0.3 is 7.48 Å². The summed E-state index contributed by atoms with van der Waals surface area (Å²) in [5, 5.41) is 14.5. The van der Waals surface area contributed by atoms with Gasteiger partial charge in [0.1, 0.15) is 0 Å². The van der Waals surface area contributed by atoms with Crippen LogP contribution in [0.5, 0.6) is 0 Å². The highest BCUT2D eigenvalue weighted by molar-refractivity contribution is 6.48. The lowest BCUT2D eigenvalue weighted by atomic mass is 9.92. The fourth-order valence-electron chi connectivity index (χ4n) is 1.72. The fourth-order valence-corrected chi connectivity index (χ4v) is 1.72. The van der Waals surface area contributed by atoms with E-state index in [1.54, 1.807) is 4.68 Å². The van der Waals surface area contributed by atoms with Gasteiger partial charge in [0, 0.05) is 12.4 Å². The van der Waals surface area contributed by atoms with Crippen LogP contribution in [0, 0.1) is 0 Å². The third kappa shape index (κ3) is 1.32. The maximum Gasteiger partial charge on any atom is 0.328 e. The topological polar surface area (TPSA) is 38.1 Å². The Morgan fingerprint density at radius 2 is 2.29 bits per heavy atom. The van der Waals surface area contributed by atoms with Crippen LogP contribution in [-0.2, 0) is 13.5 Å². The Kier molecular flexibility index (Phi) is 2.29. The van der Waals surface area contributed by atoms with Crippen molar-refractivity contribution >= 4 is 24.0 Å². The normalized spacial score (nSPS) is 10.8. The summed E-state index contributed by atoms with van der Waals surface area (Å²) in [5.41, 5.74) is 3.12. The van der Waals surface area contributed by atoms with Gasteiger partial charge in [-0.05, 0) is 24.1 Å². The first-order valence-electron chi connectivity index (χ1n) is 4.81. The van der Waals surface area contributed by atoms with Crippen molar-refractivity contribution in [1.82, 2.24) is 9.78 Å². The standard InChI is InChI=1S/C10H13BN2O/c1-3-7-4-5-9-8(6-7)10(11-14)12-13(9)2/h4-6,11,14H,3H2,1-2H3. The number of aromatic nitrogens is 2. The molecule has 0 aliphatic carbocycles. The number of fused-ring (bicyclic) bond motifs is 1. The van der Waals surface area contributed by atoms with Crippen LogP contribution in [-0.4, -0.2) is 22.3 Å². The quantitative estimate of drug-likeness (QED) is 0.679. The highest BCUT2D eigenvalue weighted by atomic mass is 16.2. The van der Waals surface area contributed by atoms with E-state index in [9.17, 15) is 0 Å². The molecular formula is C10H13BN2O. The lowest BCUT2D eigenvalue weighted by Crippen LogP contribution is -2.16. The molecule has 4 heteroatoms. The molecule has 0 aliphatic heterocycles. The molecule has 72 valence electrons. The lowest BCUT2D eigenvalue weighted by Gasteiger charge is -1.97. The second-order valence-corrected chi connectivity index (χ2v) is 3.43. The SMILES string of the molecule is CCc1ccc2c(c1)c(BO)nn2C. The van der Waals surface area contributed by atoms with Gasteiger partial charge in [0.05, 0.1) is 11.1 Å². The lowest BCUT2D eigenvalue weighted by molar-refractivity contribution is 0.613. The molecule has 0 unspecified atom stereocenters. The average Bonchev–Trinajstić information content (AvgIpc) is 2.55. The van der Waals surface area contributed by atoms with Gasteiger partial charge in [-0.15, -0.1) is 0 Å². The number of aryl methyl sites for hydroxylation is 2. The first-order chi connectivity index (χ1) is 6.76. The van der Waals surface area contributed by atoms with E-state index in [1.807, 2.05) is 7.05 Å². The molecule has 0 atom stereocenters. The smallest absolute Gasteiger partial charge is 0.328 e. The van der Waals surface area contributed by atoms with Gasteiger partial charge in [0.25, 0.3) is 0 Å². The first-order valence-corrected chi connectivity index (χ1v) is 4.81. The van der Waals surface area contributed by atoms with Gasteiger partial charge < -0.3 is 5.02 Å². The summed E-state index contributed by atoms with van der Waals surface area (Å²) in [5.74, 6) is 0. The first kappa shape index (κ1) is 9.28. The maximum atomic E-state index is 9.14. The second-order valence-electron chi connectivity index (χ2n) is 3.43. The minimum atomic E-state index is 0.00447. The third-order valence-electron chi connectivity index (χ3n) is 2.55. The van der Waals surface area contributed by atoms with Crippen molar-refractivity contribution < 1.29 is 5.02 Å². The summed E-state index contributed by atoms with van der Waals surface area (Å²) in [4.78, 5) is 0. The molecule has 1 heterocycles. The molecule has 0 radical (unpaired) electrons. The van der Waals surface area contributed by atoms with E-state index < -0.39 is 0 Å². The summed E-state index contributed by atoms with van der Waals surface area (Å²) in [6.45, 7) is 2.12. The minimum Gasteiger partial charge on any atom is -0.448 e. The molecule has 0 saturated heterocycles. The van der Waals surface area contributed by atoms with Gasteiger partial charge in [0.15, 0.2) is 0 Å². The van der Waals surface area contributed by atoms with Crippen LogP contribution < -0.4 is 5.59 Å². The van der Waals surface area contributed by atoms with Gasteiger partial charge in [-0.1, -0.05) is 13.0 Å². The van der Waals surface area contributed by atoms with Crippen LogP contribution >= 0.6 is 0 Å². The Bertz CT molecular complexity index is 464. The number of hydrogen-bond acceptors (Lipinski definition) is 2. The zero-order valence-corrected chi connectivity index (χ0v) is 8.49. The number of benzene rings is 1. The molecule has 1 aromatic carbocycles. The molecule has 1 aromatic heterocycles. The van der Waals surface area contributed by atoms with Gasteiger partial charge in [-0.2, -0.15) is 5.10 Å². The van der Waals surface area contributed by atoms with Gasteiger partial charge in [-0.3, -0.25) is 4.68 Å². The maximum absolute atomic E-state index is 9.14. The van der Waals surface area contributed by atoms with Gasteiger partial charge in [-0.25, -0.2) is 0 Å². The molecule has 3 nitrogen and oxygen atoms in total. The molecular weight excluding hydrogens is 175 g/mol. The van der Waals surface area contributed by atoms with E-state index in [0.29, 0.717) is 0 Å². The zero-order chi connectivity index (χ0) is 10.1. The van der Waals surface area contributed by atoms with E-state index in [1.165, 1.54) is 5.56 Å². The van der Waals surface area contributed by atoms with E-state index in [4.69, 9.17) is 5.02 Å². The Morgan fingerprint density at radius 3 is 2.93 bits per heavy atom. The van der Waals surface area contributed by atoms with Crippen LogP contribution in [0.4, 0.5) is 0 Å². The summed E-state index contributed by atoms with van der Waals surface area (Å²) in [6.07, 6.45) is 1.01. The van der Waals surface area contributed by atoms with E-state index >= 15 is 0 Å². The van der Waals surface area contributed by atoms with Crippen molar-refractivity contribution in [2.24, 2.45) is 7.05 Å². The molecule has 0 bridgehead atoms. The second kappa shape index (κ2) is 3.46. The molecule has 2 aromatic rings. The molecule has 14 heavy (non-hydrogen) atoms. The molecule has 0 amide bonds. The van der Waals surface area contributed by atoms with E-state index in [-0.39, 0.29) is 7.48 Å². The summed E-state index contributed by atoms with van der Waals surface area (Å²) < 4.78 is 1.81. The van der Waals surface area contributed by atoms with Crippen LogP contribution in [0.25, 0.3) is 10.9 Å². The average molecular weight is 188 g/mol. The number of hydrogen-bond donors (Lipinski definition) is 1. The highest BCUT2D eigenvalue weighted by Gasteiger charge is 2.08. The molecule has 0 fully saturated rings. The largest absolute Gasteiger partial charge is 0.448 e. The van der Waals surface area contributed by atoms with E-state index in [0.717, 1.165) is 22.9 Å². The van der Waals surface area contributed by atoms with Crippen LogP contribution in [0.1, 0.15) is 12.5 Å². The third-order valence-corrected chi connectivity index (χ3v) is 2.55. The Balaban J connectivity index is 2.71. The molecule has 0 saturated carbocycles. The van der Waals surface area contributed by atoms with Crippen molar-refractivity contribution in [2.45, 2.75) is 13.3 Å². The minimum absolute atomic E-state index is 0.00447. The van der Waals surface area contributed by atoms with E-state index in [2.05, 4.69) is 30.2 Å². The van der Waals surface area contributed by atoms with Crippen molar-refractivity contribution in [3.8, 4) is 0 Å². The molecule has 1 N–H and O–H groups in total. The van der Waals surface area contributed by atoms with Crippen LogP contribution in [0.3, 0.4) is 0 Å². The summed E-state index contributed by atoms with van der Waals surface area (Å²) in [6, 6.07) is 6.26. The number of rotatable bonds is 2. The molecule has 0 spiro atoms. The highest BCUT2D eigenvalue weighted by Crippen LogP contribution is 2.13. The van der Waals surface area contributed by atoms with Crippen molar-refractivity contribution in [2.75, 3.05) is 0 Å². The monoisotopic (exact) mass is 188 g/mol. The Hall–Kier alpha value is -1.29. The Labute approximate surface area is 83.6 Å². The fraction of sp³-hybridized carbons (Fsp3) is 0.300. The predicted molar refractivity (Wildman–Crippen MR) is 59.1 cm³/mol. The Morgan fingerprint density at radius 1 is 1.50 bits per heavy atom. The van der Waals surface area contributed by atoms with Crippen molar-refractivity contribution in [3.63, 3.8) is 0 Å². The molecule has 0 aliphatic rings. The van der Waals surface area contributed by atoms with Gasteiger partial charge in [0.2, 0.25) is 0 Å². The predicted octanol–water partition coefficient (Wildman–Crippen LogP) is 0.105.